The summed E-state index contributed by atoms with van der Waals surface area (Å²) in [5, 5.41) is -0.396. The van der Waals surface area contributed by atoms with Crippen molar-refractivity contribution < 1.29 is 9.09 Å². The number of hydrogen-bond donors (Lipinski definition) is 0. The van der Waals surface area contributed by atoms with Gasteiger partial charge in [0, 0.05) is 38.6 Å². The second kappa shape index (κ2) is 7.29. The first-order valence-electron chi connectivity index (χ1n) is 8.26. The average Bonchev–Trinajstić information content (AvgIpc) is 2.52. The summed E-state index contributed by atoms with van der Waals surface area (Å²) in [6.07, 6.45) is 3.50. The molecule has 23 heavy (non-hydrogen) atoms. The number of nitrogens with zero attached hydrogens (tertiary/aromatic N) is 4. The van der Waals surface area contributed by atoms with Gasteiger partial charge in [0.15, 0.2) is 0 Å². The first-order valence-corrected chi connectivity index (χ1v) is 9.84. The van der Waals surface area contributed by atoms with E-state index >= 15 is 0 Å². The maximum absolute atomic E-state index is 13.6. The van der Waals surface area contributed by atoms with Crippen LogP contribution in [0.1, 0.15) is 34.6 Å². The predicted octanol–water partition coefficient (Wildman–Crippen LogP) is 3.26. The smallest absolute Gasteiger partial charge is 0.277 e. The molecule has 130 valence electrons. The minimum Gasteiger partial charge on any atom is -0.338 e. The Balaban J connectivity index is 2.07. The van der Waals surface area contributed by atoms with Crippen LogP contribution in [-0.2, 0) is 9.09 Å². The highest BCUT2D eigenvalue weighted by atomic mass is 31.2. The van der Waals surface area contributed by atoms with Crippen molar-refractivity contribution in [1.82, 2.24) is 14.6 Å². The zero-order chi connectivity index (χ0) is 17.1. The Morgan fingerprint density at radius 2 is 1.74 bits per heavy atom. The van der Waals surface area contributed by atoms with Crippen LogP contribution < -0.4 is 4.90 Å². The van der Waals surface area contributed by atoms with Crippen molar-refractivity contribution >= 4 is 13.5 Å². The maximum atomic E-state index is 13.6. The molecule has 2 rings (SSSR count). The zero-order valence-corrected chi connectivity index (χ0v) is 15.8. The van der Waals surface area contributed by atoms with E-state index in [1.807, 2.05) is 31.5 Å². The largest absolute Gasteiger partial charge is 0.338 e. The van der Waals surface area contributed by atoms with Gasteiger partial charge in [-0.25, -0.2) is 14.6 Å². The zero-order valence-electron chi connectivity index (χ0n) is 14.9. The molecule has 1 aliphatic heterocycles. The molecule has 1 fully saturated rings. The van der Waals surface area contributed by atoms with E-state index in [1.165, 1.54) is 0 Å². The van der Waals surface area contributed by atoms with E-state index in [1.54, 1.807) is 12.4 Å². The fraction of sp³-hybridized carbons (Fsp3) is 0.750. The molecule has 0 saturated carbocycles. The highest BCUT2D eigenvalue weighted by Gasteiger charge is 2.44. The minimum absolute atomic E-state index is 0.365. The van der Waals surface area contributed by atoms with E-state index in [4.69, 9.17) is 4.52 Å². The number of hydrogen-bond acceptors (Lipinski definition) is 5. The van der Waals surface area contributed by atoms with Crippen LogP contribution in [0.3, 0.4) is 0 Å². The molecular formula is C16H29N4O2P. The van der Waals surface area contributed by atoms with Gasteiger partial charge in [-0.3, -0.25) is 4.57 Å². The van der Waals surface area contributed by atoms with Crippen molar-refractivity contribution in [2.45, 2.75) is 39.8 Å². The second-order valence-corrected chi connectivity index (χ2v) is 10.6. The van der Waals surface area contributed by atoms with Crippen molar-refractivity contribution in [2.24, 2.45) is 5.92 Å². The molecule has 0 bridgehead atoms. The van der Waals surface area contributed by atoms with E-state index in [9.17, 15) is 4.57 Å². The molecule has 0 aromatic carbocycles. The highest BCUT2D eigenvalue weighted by Crippen LogP contribution is 2.61. The Hall–Kier alpha value is -0.970. The van der Waals surface area contributed by atoms with Gasteiger partial charge in [0.25, 0.3) is 7.52 Å². The van der Waals surface area contributed by atoms with Gasteiger partial charge in [-0.1, -0.05) is 13.8 Å². The SMILES string of the molecule is CC(C)COP(=O)(N1CCN(c2ncccn2)CC1)C(C)(C)C. The number of piperazine rings is 1. The summed E-state index contributed by atoms with van der Waals surface area (Å²) < 4.78 is 21.6. The fourth-order valence-corrected chi connectivity index (χ4v) is 5.17. The second-order valence-electron chi connectivity index (χ2n) is 7.37. The molecule has 0 aliphatic carbocycles. The van der Waals surface area contributed by atoms with Gasteiger partial charge >= 0.3 is 0 Å². The first-order chi connectivity index (χ1) is 10.7. The van der Waals surface area contributed by atoms with Crippen LogP contribution in [0.2, 0.25) is 0 Å². The fourth-order valence-electron chi connectivity index (χ4n) is 2.56. The lowest BCUT2D eigenvalue weighted by Crippen LogP contribution is -2.47. The summed E-state index contributed by atoms with van der Waals surface area (Å²) in [5.74, 6) is 1.10. The van der Waals surface area contributed by atoms with Crippen LogP contribution in [0.25, 0.3) is 0 Å². The summed E-state index contributed by atoms with van der Waals surface area (Å²) in [4.78, 5) is 10.7. The van der Waals surface area contributed by atoms with Gasteiger partial charge in [0.05, 0.1) is 11.8 Å². The molecule has 1 atom stereocenters. The van der Waals surface area contributed by atoms with Crippen molar-refractivity contribution in [3.8, 4) is 0 Å². The molecule has 7 heteroatoms. The average molecular weight is 340 g/mol. The Morgan fingerprint density at radius 1 is 1.17 bits per heavy atom. The Labute approximate surface area is 139 Å². The summed E-state index contributed by atoms with van der Waals surface area (Å²) >= 11 is 0. The molecule has 0 N–H and O–H groups in total. The van der Waals surface area contributed by atoms with Crippen LogP contribution in [0.15, 0.2) is 18.5 Å². The van der Waals surface area contributed by atoms with Gasteiger partial charge in [-0.2, -0.15) is 0 Å². The van der Waals surface area contributed by atoms with Crippen LogP contribution in [-0.4, -0.2) is 52.6 Å². The molecule has 2 heterocycles. The molecular weight excluding hydrogens is 311 g/mol. The molecule has 0 radical (unpaired) electrons. The summed E-state index contributed by atoms with van der Waals surface area (Å²) in [6, 6.07) is 1.81. The molecule has 0 spiro atoms. The quantitative estimate of drug-likeness (QED) is 0.767. The molecule has 1 saturated heterocycles. The molecule has 0 amide bonds. The van der Waals surface area contributed by atoms with Crippen molar-refractivity contribution in [3.63, 3.8) is 0 Å². The normalized spacial score (nSPS) is 19.8. The highest BCUT2D eigenvalue weighted by molar-refractivity contribution is 7.58. The third-order valence-electron chi connectivity index (χ3n) is 3.89. The lowest BCUT2D eigenvalue weighted by Gasteiger charge is -2.43. The van der Waals surface area contributed by atoms with Crippen molar-refractivity contribution in [3.05, 3.63) is 18.5 Å². The van der Waals surface area contributed by atoms with Crippen LogP contribution >= 0.6 is 7.52 Å². The summed E-state index contributed by atoms with van der Waals surface area (Å²) in [5.41, 5.74) is 0. The van der Waals surface area contributed by atoms with E-state index < -0.39 is 12.7 Å². The van der Waals surface area contributed by atoms with E-state index in [2.05, 4.69) is 28.7 Å². The Bertz CT molecular complexity index is 537. The van der Waals surface area contributed by atoms with Crippen LogP contribution in [0.4, 0.5) is 5.95 Å². The number of anilines is 1. The van der Waals surface area contributed by atoms with Crippen molar-refractivity contribution in [1.29, 1.82) is 0 Å². The van der Waals surface area contributed by atoms with Gasteiger partial charge in [-0.05, 0) is 32.8 Å². The first kappa shape index (κ1) is 18.4. The lowest BCUT2D eigenvalue weighted by molar-refractivity contribution is 0.213. The van der Waals surface area contributed by atoms with Crippen LogP contribution in [0.5, 0.6) is 0 Å². The Kier molecular flexibility index (Phi) is 5.82. The van der Waals surface area contributed by atoms with E-state index in [0.29, 0.717) is 25.6 Å². The molecule has 6 nitrogen and oxygen atoms in total. The standard InChI is InChI=1S/C16H29N4O2P/c1-14(2)13-22-23(21,16(3,4)5)20-11-9-19(10-12-20)15-17-7-6-8-18-15/h6-8,14H,9-13H2,1-5H3. The topological polar surface area (TPSA) is 58.6 Å². The van der Waals surface area contributed by atoms with Gasteiger partial charge in [0.2, 0.25) is 5.95 Å². The van der Waals surface area contributed by atoms with E-state index in [0.717, 1.165) is 19.0 Å². The lowest BCUT2D eigenvalue weighted by atomic mass is 10.2. The van der Waals surface area contributed by atoms with Gasteiger partial charge in [0.1, 0.15) is 0 Å². The van der Waals surface area contributed by atoms with Gasteiger partial charge in [-0.15, -0.1) is 0 Å². The maximum Gasteiger partial charge on any atom is 0.277 e. The van der Waals surface area contributed by atoms with Gasteiger partial charge < -0.3 is 9.42 Å². The number of aromatic nitrogens is 2. The van der Waals surface area contributed by atoms with Crippen LogP contribution in [0, 0.1) is 5.92 Å². The monoisotopic (exact) mass is 340 g/mol. The Morgan fingerprint density at radius 3 is 2.22 bits per heavy atom. The van der Waals surface area contributed by atoms with E-state index in [-0.39, 0.29) is 0 Å². The predicted molar refractivity (Wildman–Crippen MR) is 94.0 cm³/mol. The molecule has 1 aromatic rings. The summed E-state index contributed by atoms with van der Waals surface area (Å²) in [7, 11) is -2.88. The molecule has 1 aliphatic rings. The summed E-state index contributed by atoms with van der Waals surface area (Å²) in [6.45, 7) is 13.6. The number of rotatable bonds is 5. The van der Waals surface area contributed by atoms with Crippen molar-refractivity contribution in [2.75, 3.05) is 37.7 Å². The third-order valence-corrected chi connectivity index (χ3v) is 7.23. The minimum atomic E-state index is -2.88. The molecule has 1 aromatic heterocycles. The third kappa shape index (κ3) is 4.31. The molecule has 1 unspecified atom stereocenters.